The first kappa shape index (κ1) is 19.0. The largest absolute Gasteiger partial charge is 0.342 e. The van der Waals surface area contributed by atoms with Crippen LogP contribution in [0.4, 0.5) is 0 Å². The number of nitrogens with zero attached hydrogens (tertiary/aromatic N) is 2. The van der Waals surface area contributed by atoms with Crippen LogP contribution in [0.15, 0.2) is 72.3 Å². The number of hydrogen-bond acceptors (Lipinski definition) is 3. The Morgan fingerprint density at radius 3 is 2.64 bits per heavy atom. The summed E-state index contributed by atoms with van der Waals surface area (Å²) in [4.78, 5) is 14.9. The average molecular weight is 425 g/mol. The highest BCUT2D eigenvalue weighted by atomic mass is 35.5. The maximum absolute atomic E-state index is 12.7. The van der Waals surface area contributed by atoms with Crippen LogP contribution in [0, 0.1) is 0 Å². The molecule has 1 aromatic heterocycles. The molecule has 0 N–H and O–H groups in total. The molecule has 0 atom stereocenters. The lowest BCUT2D eigenvalue weighted by molar-refractivity contribution is -0.121. The quantitative estimate of drug-likeness (QED) is 0.297. The molecule has 1 amide bonds. The van der Waals surface area contributed by atoms with Crippen LogP contribution in [-0.2, 0) is 11.3 Å². The first-order valence-corrected chi connectivity index (χ1v) is 10.4. The maximum Gasteiger partial charge on any atom is 0.266 e. The molecular weight excluding hydrogens is 408 g/mol. The van der Waals surface area contributed by atoms with E-state index in [9.17, 15) is 4.79 Å². The Bertz CT molecular complexity index is 1120. The van der Waals surface area contributed by atoms with E-state index in [1.165, 1.54) is 11.8 Å². The van der Waals surface area contributed by atoms with Gasteiger partial charge in [0, 0.05) is 40.8 Å². The number of carbonyl (C=O) groups is 1. The second-order valence-corrected chi connectivity index (χ2v) is 8.55. The maximum atomic E-state index is 12.7. The van der Waals surface area contributed by atoms with Crippen LogP contribution in [-0.4, -0.2) is 26.2 Å². The van der Waals surface area contributed by atoms with Crippen molar-refractivity contribution >= 4 is 62.8 Å². The zero-order valence-electron chi connectivity index (χ0n) is 15.0. The SMILES string of the molecule is C=CCN1C(=O)/C(=C\c2cn(Cc3ccc(Cl)cc3)c3ccccc23)SC1=S. The fraction of sp³-hybridized carbons (Fsp3) is 0.0909. The molecule has 0 saturated carbocycles. The number of thioether (sulfide) groups is 1. The summed E-state index contributed by atoms with van der Waals surface area (Å²) >= 11 is 12.7. The molecule has 2 aromatic carbocycles. The third kappa shape index (κ3) is 3.65. The van der Waals surface area contributed by atoms with Crippen LogP contribution < -0.4 is 0 Å². The average Bonchev–Trinajstić information content (AvgIpc) is 3.17. The van der Waals surface area contributed by atoms with Crippen molar-refractivity contribution in [1.29, 1.82) is 0 Å². The zero-order valence-corrected chi connectivity index (χ0v) is 17.4. The Morgan fingerprint density at radius 1 is 1.14 bits per heavy atom. The summed E-state index contributed by atoms with van der Waals surface area (Å²) < 4.78 is 2.76. The first-order valence-electron chi connectivity index (χ1n) is 8.75. The molecule has 0 unspecified atom stereocenters. The van der Waals surface area contributed by atoms with E-state index < -0.39 is 0 Å². The third-order valence-corrected chi connectivity index (χ3v) is 6.19. The van der Waals surface area contributed by atoms with Gasteiger partial charge in [0.2, 0.25) is 0 Å². The van der Waals surface area contributed by atoms with E-state index in [2.05, 4.69) is 29.5 Å². The molecule has 1 fully saturated rings. The van der Waals surface area contributed by atoms with Crippen molar-refractivity contribution in [2.24, 2.45) is 0 Å². The molecule has 1 saturated heterocycles. The number of amides is 1. The van der Waals surface area contributed by atoms with Gasteiger partial charge in [-0.15, -0.1) is 6.58 Å². The van der Waals surface area contributed by atoms with Crippen molar-refractivity contribution < 1.29 is 4.79 Å². The van der Waals surface area contributed by atoms with Crippen molar-refractivity contribution in [3.8, 4) is 0 Å². The van der Waals surface area contributed by atoms with Crippen molar-refractivity contribution in [3.05, 3.63) is 88.4 Å². The van der Waals surface area contributed by atoms with E-state index in [-0.39, 0.29) is 5.91 Å². The molecule has 140 valence electrons. The summed E-state index contributed by atoms with van der Waals surface area (Å²) in [6.07, 6.45) is 5.70. The highest BCUT2D eigenvalue weighted by Crippen LogP contribution is 2.34. The smallest absolute Gasteiger partial charge is 0.266 e. The van der Waals surface area contributed by atoms with Gasteiger partial charge in [0.15, 0.2) is 0 Å². The molecule has 2 heterocycles. The van der Waals surface area contributed by atoms with Crippen molar-refractivity contribution in [2.75, 3.05) is 6.54 Å². The van der Waals surface area contributed by atoms with Gasteiger partial charge in [0.05, 0.1) is 4.91 Å². The van der Waals surface area contributed by atoms with Gasteiger partial charge in [0.1, 0.15) is 4.32 Å². The van der Waals surface area contributed by atoms with E-state index >= 15 is 0 Å². The van der Waals surface area contributed by atoms with Crippen LogP contribution in [0.5, 0.6) is 0 Å². The van der Waals surface area contributed by atoms with Crippen molar-refractivity contribution in [1.82, 2.24) is 9.47 Å². The highest BCUT2D eigenvalue weighted by Gasteiger charge is 2.31. The van der Waals surface area contributed by atoms with Crippen LogP contribution >= 0.6 is 35.6 Å². The third-order valence-electron chi connectivity index (χ3n) is 4.56. The van der Waals surface area contributed by atoms with Gasteiger partial charge in [-0.1, -0.05) is 72.0 Å². The standard InChI is InChI=1S/C22H17ClN2OS2/c1-2-11-25-21(26)20(28-22(25)27)12-16-14-24(19-6-4-3-5-18(16)19)13-15-7-9-17(23)10-8-15/h2-10,12,14H,1,11,13H2/b20-12+. The van der Waals surface area contributed by atoms with Gasteiger partial charge in [-0.2, -0.15) is 0 Å². The number of carbonyl (C=O) groups excluding carboxylic acids is 1. The van der Waals surface area contributed by atoms with Gasteiger partial charge < -0.3 is 4.57 Å². The second kappa shape index (κ2) is 7.95. The second-order valence-electron chi connectivity index (χ2n) is 6.44. The predicted octanol–water partition coefficient (Wildman–Crippen LogP) is 5.73. The van der Waals surface area contributed by atoms with Crippen LogP contribution in [0.2, 0.25) is 5.02 Å². The Labute approximate surface area is 178 Å². The number of aromatic nitrogens is 1. The topological polar surface area (TPSA) is 25.2 Å². The van der Waals surface area contributed by atoms with Gasteiger partial charge in [-0.3, -0.25) is 9.69 Å². The number of fused-ring (bicyclic) bond motifs is 1. The summed E-state index contributed by atoms with van der Waals surface area (Å²) in [7, 11) is 0. The van der Waals surface area contributed by atoms with Gasteiger partial charge >= 0.3 is 0 Å². The Kier molecular flexibility index (Phi) is 5.40. The predicted molar refractivity (Wildman–Crippen MR) is 123 cm³/mol. The summed E-state index contributed by atoms with van der Waals surface area (Å²) in [6.45, 7) is 4.85. The normalized spacial score (nSPS) is 15.8. The van der Waals surface area contributed by atoms with Crippen molar-refractivity contribution in [3.63, 3.8) is 0 Å². The molecule has 28 heavy (non-hydrogen) atoms. The molecule has 1 aliphatic heterocycles. The molecule has 1 aliphatic rings. The Morgan fingerprint density at radius 2 is 1.89 bits per heavy atom. The number of hydrogen-bond donors (Lipinski definition) is 0. The fourth-order valence-corrected chi connectivity index (χ4v) is 4.63. The minimum atomic E-state index is -0.0653. The fourth-order valence-electron chi connectivity index (χ4n) is 3.24. The molecular formula is C22H17ClN2OS2. The number of halogens is 1. The van der Waals surface area contributed by atoms with E-state index in [1.54, 1.807) is 11.0 Å². The van der Waals surface area contributed by atoms with Gasteiger partial charge in [-0.25, -0.2) is 0 Å². The summed E-state index contributed by atoms with van der Waals surface area (Å²) in [6, 6.07) is 16.0. The molecule has 0 radical (unpaired) electrons. The van der Waals surface area contributed by atoms with Crippen LogP contribution in [0.3, 0.4) is 0 Å². The minimum absolute atomic E-state index is 0.0653. The van der Waals surface area contributed by atoms with E-state index in [1.807, 2.05) is 42.5 Å². The molecule has 0 bridgehead atoms. The van der Waals surface area contributed by atoms with Gasteiger partial charge in [-0.05, 0) is 29.8 Å². The van der Waals surface area contributed by atoms with E-state index in [0.717, 1.165) is 33.6 Å². The molecule has 0 aliphatic carbocycles. The van der Waals surface area contributed by atoms with Crippen molar-refractivity contribution in [2.45, 2.75) is 6.54 Å². The van der Waals surface area contributed by atoms with E-state index in [4.69, 9.17) is 23.8 Å². The number of para-hydroxylation sites is 1. The molecule has 4 rings (SSSR count). The monoisotopic (exact) mass is 424 g/mol. The lowest BCUT2D eigenvalue weighted by atomic mass is 10.1. The molecule has 6 heteroatoms. The van der Waals surface area contributed by atoms with Crippen LogP contribution in [0.25, 0.3) is 17.0 Å². The Balaban J connectivity index is 1.72. The number of benzene rings is 2. The summed E-state index contributed by atoms with van der Waals surface area (Å²) in [5, 5.41) is 1.83. The summed E-state index contributed by atoms with van der Waals surface area (Å²) in [5.41, 5.74) is 3.28. The number of thiocarbonyl (C=S) groups is 1. The highest BCUT2D eigenvalue weighted by molar-refractivity contribution is 8.26. The first-order chi connectivity index (χ1) is 13.6. The Hall–Kier alpha value is -2.34. The minimum Gasteiger partial charge on any atom is -0.342 e. The molecule has 0 spiro atoms. The number of rotatable bonds is 5. The molecule has 3 nitrogen and oxygen atoms in total. The molecule has 3 aromatic rings. The zero-order chi connectivity index (χ0) is 19.7. The van der Waals surface area contributed by atoms with Gasteiger partial charge in [0.25, 0.3) is 5.91 Å². The lowest BCUT2D eigenvalue weighted by Crippen LogP contribution is -2.27. The lowest BCUT2D eigenvalue weighted by Gasteiger charge is -2.10. The summed E-state index contributed by atoms with van der Waals surface area (Å²) in [5.74, 6) is -0.0653. The van der Waals surface area contributed by atoms with E-state index in [0.29, 0.717) is 15.8 Å². The van der Waals surface area contributed by atoms with Crippen LogP contribution in [0.1, 0.15) is 11.1 Å².